The number of hydrogen-bond donors (Lipinski definition) is 0. The molecule has 11 heteroatoms. The van der Waals surface area contributed by atoms with Gasteiger partial charge in [-0.25, -0.2) is 8.42 Å². The zero-order chi connectivity index (χ0) is 20.5. The summed E-state index contributed by atoms with van der Waals surface area (Å²) in [6.07, 6.45) is 1.59. The molecular weight excluding hydrogens is 415 g/mol. The van der Waals surface area contributed by atoms with Crippen LogP contribution in [0.3, 0.4) is 0 Å². The summed E-state index contributed by atoms with van der Waals surface area (Å²) in [4.78, 5) is 17.5. The molecule has 28 heavy (non-hydrogen) atoms. The predicted molar refractivity (Wildman–Crippen MR) is 100 cm³/mol. The molecule has 0 spiro atoms. The standard InChI is InChI=1S/C17H18F3N3O3S2/c1-12-9-13-3-2-4-14(16(13)21-10-12)28(25,26)23-7-5-22(6-8-23)15(24)11-27-17(18,19)20/h2-4,9-10H,5-8,11H2,1H3. The third kappa shape index (κ3) is 4.58. The number of pyridine rings is 1. The van der Waals surface area contributed by atoms with E-state index in [-0.39, 0.29) is 31.1 Å². The monoisotopic (exact) mass is 433 g/mol. The number of hydrogen-bond acceptors (Lipinski definition) is 5. The topological polar surface area (TPSA) is 70.6 Å². The van der Waals surface area contributed by atoms with E-state index in [1.165, 1.54) is 15.3 Å². The number of carbonyl (C=O) groups is 1. The average molecular weight is 433 g/mol. The van der Waals surface area contributed by atoms with E-state index in [2.05, 4.69) is 4.98 Å². The second-order valence-electron chi connectivity index (χ2n) is 6.36. The highest BCUT2D eigenvalue weighted by Crippen LogP contribution is 2.30. The minimum atomic E-state index is -4.47. The number of nitrogens with zero attached hydrogens (tertiary/aromatic N) is 3. The van der Waals surface area contributed by atoms with Crippen LogP contribution in [0, 0.1) is 6.92 Å². The Hall–Kier alpha value is -1.85. The first-order valence-electron chi connectivity index (χ1n) is 8.42. The lowest BCUT2D eigenvalue weighted by Gasteiger charge is -2.34. The van der Waals surface area contributed by atoms with E-state index in [4.69, 9.17) is 0 Å². The smallest absolute Gasteiger partial charge is 0.339 e. The Labute approximate surface area is 164 Å². The van der Waals surface area contributed by atoms with Gasteiger partial charge in [-0.1, -0.05) is 12.1 Å². The molecule has 6 nitrogen and oxygen atoms in total. The number of aromatic nitrogens is 1. The van der Waals surface area contributed by atoms with E-state index >= 15 is 0 Å². The maximum Gasteiger partial charge on any atom is 0.442 e. The van der Waals surface area contributed by atoms with Crippen LogP contribution in [-0.4, -0.2) is 66.0 Å². The lowest BCUT2D eigenvalue weighted by molar-refractivity contribution is -0.129. The number of thioether (sulfide) groups is 1. The Morgan fingerprint density at radius 2 is 1.89 bits per heavy atom. The van der Waals surface area contributed by atoms with Gasteiger partial charge in [0.05, 0.1) is 11.3 Å². The van der Waals surface area contributed by atoms with Gasteiger partial charge in [0.2, 0.25) is 15.9 Å². The van der Waals surface area contributed by atoms with Crippen molar-refractivity contribution in [3.05, 3.63) is 36.0 Å². The molecule has 1 aliphatic heterocycles. The molecule has 0 radical (unpaired) electrons. The number of para-hydroxylation sites is 1. The fourth-order valence-electron chi connectivity index (χ4n) is 3.00. The lowest BCUT2D eigenvalue weighted by Crippen LogP contribution is -2.51. The largest absolute Gasteiger partial charge is 0.442 e. The zero-order valence-electron chi connectivity index (χ0n) is 14.9. The normalized spacial score (nSPS) is 16.5. The van der Waals surface area contributed by atoms with E-state index in [0.717, 1.165) is 5.56 Å². The molecular formula is C17H18F3N3O3S2. The van der Waals surface area contributed by atoms with Gasteiger partial charge in [0, 0.05) is 37.8 Å². The van der Waals surface area contributed by atoms with Crippen LogP contribution in [0.25, 0.3) is 10.9 Å². The molecule has 0 unspecified atom stereocenters. The first kappa shape index (κ1) is 20.9. The van der Waals surface area contributed by atoms with Crippen molar-refractivity contribution in [1.82, 2.24) is 14.2 Å². The van der Waals surface area contributed by atoms with Crippen LogP contribution < -0.4 is 0 Å². The quantitative estimate of drug-likeness (QED) is 0.742. The van der Waals surface area contributed by atoms with Crippen molar-refractivity contribution in [3.63, 3.8) is 0 Å². The van der Waals surface area contributed by atoms with Gasteiger partial charge in [0.15, 0.2) is 0 Å². The molecule has 152 valence electrons. The fraction of sp³-hybridized carbons (Fsp3) is 0.412. The molecule has 3 rings (SSSR count). The first-order valence-corrected chi connectivity index (χ1v) is 10.8. The Balaban J connectivity index is 1.73. The second-order valence-corrected chi connectivity index (χ2v) is 9.31. The number of halogens is 3. The molecule has 0 atom stereocenters. The first-order chi connectivity index (χ1) is 13.1. The summed E-state index contributed by atoms with van der Waals surface area (Å²) in [6, 6.07) is 6.75. The van der Waals surface area contributed by atoms with Crippen molar-refractivity contribution in [2.75, 3.05) is 31.9 Å². The highest BCUT2D eigenvalue weighted by Gasteiger charge is 2.34. The molecule has 1 saturated heterocycles. The van der Waals surface area contributed by atoms with Crippen LogP contribution in [-0.2, 0) is 14.8 Å². The number of amides is 1. The van der Waals surface area contributed by atoms with E-state index in [9.17, 15) is 26.4 Å². The number of benzene rings is 1. The van der Waals surface area contributed by atoms with Gasteiger partial charge in [0.25, 0.3) is 0 Å². The van der Waals surface area contributed by atoms with Gasteiger partial charge in [-0.05, 0) is 36.4 Å². The number of alkyl halides is 3. The summed E-state index contributed by atoms with van der Waals surface area (Å²) in [5.74, 6) is -1.36. The summed E-state index contributed by atoms with van der Waals surface area (Å²) >= 11 is -0.390. The third-order valence-corrected chi connectivity index (χ3v) is 7.03. The molecule has 2 aromatic rings. The second kappa shape index (κ2) is 7.88. The van der Waals surface area contributed by atoms with E-state index in [1.807, 2.05) is 13.0 Å². The maximum absolute atomic E-state index is 13.0. The van der Waals surface area contributed by atoms with Gasteiger partial charge in [-0.3, -0.25) is 9.78 Å². The van der Waals surface area contributed by atoms with E-state index in [1.54, 1.807) is 18.3 Å². The van der Waals surface area contributed by atoms with Gasteiger partial charge >= 0.3 is 5.51 Å². The minimum Gasteiger partial charge on any atom is -0.339 e. The maximum atomic E-state index is 13.0. The number of sulfonamides is 1. The number of fused-ring (bicyclic) bond motifs is 1. The van der Waals surface area contributed by atoms with Crippen LogP contribution in [0.15, 0.2) is 35.4 Å². The average Bonchev–Trinajstić information content (AvgIpc) is 2.64. The van der Waals surface area contributed by atoms with E-state index < -0.39 is 39.0 Å². The van der Waals surface area contributed by atoms with Gasteiger partial charge in [0.1, 0.15) is 4.90 Å². The van der Waals surface area contributed by atoms with Crippen LogP contribution in [0.4, 0.5) is 13.2 Å². The Bertz CT molecular complexity index is 988. The minimum absolute atomic E-state index is 0.0208. The number of rotatable bonds is 4. The highest BCUT2D eigenvalue weighted by molar-refractivity contribution is 8.00. The molecule has 1 aromatic heterocycles. The lowest BCUT2D eigenvalue weighted by atomic mass is 10.2. The molecule has 0 bridgehead atoms. The van der Waals surface area contributed by atoms with E-state index in [0.29, 0.717) is 10.9 Å². The zero-order valence-corrected chi connectivity index (χ0v) is 16.6. The molecule has 0 N–H and O–H groups in total. The van der Waals surface area contributed by atoms with Crippen LogP contribution >= 0.6 is 11.8 Å². The Kier molecular flexibility index (Phi) is 5.87. The number of aryl methyl sites for hydroxylation is 1. The summed E-state index contributed by atoms with van der Waals surface area (Å²) in [5.41, 5.74) is -3.19. The van der Waals surface area contributed by atoms with Crippen LogP contribution in [0.1, 0.15) is 5.56 Å². The summed E-state index contributed by atoms with van der Waals surface area (Å²) in [7, 11) is -3.84. The molecule has 1 aliphatic rings. The summed E-state index contributed by atoms with van der Waals surface area (Å²) < 4.78 is 64.1. The molecule has 2 heterocycles. The van der Waals surface area contributed by atoms with Crippen molar-refractivity contribution in [2.24, 2.45) is 0 Å². The van der Waals surface area contributed by atoms with Gasteiger partial charge < -0.3 is 4.90 Å². The van der Waals surface area contributed by atoms with Crippen LogP contribution in [0.5, 0.6) is 0 Å². The third-order valence-electron chi connectivity index (χ3n) is 4.38. The fourth-order valence-corrected chi connectivity index (χ4v) is 5.06. The molecule has 0 saturated carbocycles. The van der Waals surface area contributed by atoms with Crippen molar-refractivity contribution < 1.29 is 26.4 Å². The van der Waals surface area contributed by atoms with Crippen molar-refractivity contribution in [1.29, 1.82) is 0 Å². The van der Waals surface area contributed by atoms with Crippen molar-refractivity contribution in [2.45, 2.75) is 17.3 Å². The van der Waals surface area contributed by atoms with Crippen molar-refractivity contribution in [3.8, 4) is 0 Å². The van der Waals surface area contributed by atoms with Gasteiger partial charge in [-0.2, -0.15) is 17.5 Å². The molecule has 1 amide bonds. The number of piperazine rings is 1. The molecule has 1 aromatic carbocycles. The highest BCUT2D eigenvalue weighted by atomic mass is 32.2. The SMILES string of the molecule is Cc1cnc2c(S(=O)(=O)N3CCN(C(=O)CSC(F)(F)F)CC3)cccc2c1. The van der Waals surface area contributed by atoms with Crippen molar-refractivity contribution >= 4 is 38.6 Å². The summed E-state index contributed by atoms with van der Waals surface area (Å²) in [6.45, 7) is 2.00. The Morgan fingerprint density at radius 3 is 2.54 bits per heavy atom. The summed E-state index contributed by atoms with van der Waals surface area (Å²) in [5, 5.41) is 0.707. The number of carbonyl (C=O) groups excluding carboxylic acids is 1. The molecule has 0 aliphatic carbocycles. The predicted octanol–water partition coefficient (Wildman–Crippen LogP) is 2.63. The van der Waals surface area contributed by atoms with Gasteiger partial charge in [-0.15, -0.1) is 0 Å². The Morgan fingerprint density at radius 1 is 1.21 bits per heavy atom. The van der Waals surface area contributed by atoms with Crippen LogP contribution in [0.2, 0.25) is 0 Å². The molecule has 1 fully saturated rings.